The fourth-order valence-electron chi connectivity index (χ4n) is 5.27. The molecule has 1 saturated heterocycles. The van der Waals surface area contributed by atoms with Crippen molar-refractivity contribution < 1.29 is 14.3 Å². The summed E-state index contributed by atoms with van der Waals surface area (Å²) in [5.41, 5.74) is 2.22. The van der Waals surface area contributed by atoms with Crippen LogP contribution in [-0.2, 0) is 16.1 Å². The minimum absolute atomic E-state index is 0. The average molecular weight is 566 g/mol. The Morgan fingerprint density at radius 3 is 2.42 bits per heavy atom. The van der Waals surface area contributed by atoms with Gasteiger partial charge >= 0.3 is 0 Å². The molecule has 2 aliphatic carbocycles. The monoisotopic (exact) mass is 566 g/mol. The van der Waals surface area contributed by atoms with E-state index in [-0.39, 0.29) is 59.5 Å². The third kappa shape index (κ3) is 5.36. The Labute approximate surface area is 213 Å². The summed E-state index contributed by atoms with van der Waals surface area (Å²) in [4.78, 5) is 31.7. The van der Waals surface area contributed by atoms with Gasteiger partial charge in [0.25, 0.3) is 0 Å². The van der Waals surface area contributed by atoms with Crippen molar-refractivity contribution in [2.75, 3.05) is 26.2 Å². The smallest absolute Gasteiger partial charge is 0.233 e. The first kappa shape index (κ1) is 25.5. The van der Waals surface area contributed by atoms with Gasteiger partial charge in [-0.3, -0.25) is 14.5 Å². The van der Waals surface area contributed by atoms with E-state index in [9.17, 15) is 9.59 Å². The van der Waals surface area contributed by atoms with E-state index in [0.717, 1.165) is 35.8 Å². The highest BCUT2D eigenvalue weighted by Crippen LogP contribution is 2.52. The standard InChI is InChI=1S/C25H34N4O3.HI/c1-4-26-25(28-15-17-7-10-20(32-5-2)16(3)13-17)27-11-6-12-29-23(30)21-18-8-9-19(14-18)22(21)24(29)31;/h7-10,13,18-19,21-22H,4-6,11-12,14-15H2,1-3H3,(H2,26,27,28);1H. The number of amides is 2. The SMILES string of the molecule is CCNC(=NCc1ccc(OCC)c(C)c1)NCCCN1C(=O)C2C3C=CC(C3)C2C1=O.I. The molecule has 2 amide bonds. The average Bonchev–Trinajstić information content (AvgIpc) is 3.46. The van der Waals surface area contributed by atoms with Gasteiger partial charge < -0.3 is 15.4 Å². The van der Waals surface area contributed by atoms with E-state index in [0.29, 0.717) is 32.7 Å². The number of nitrogens with zero attached hydrogens (tertiary/aromatic N) is 2. The van der Waals surface area contributed by atoms with Crippen LogP contribution < -0.4 is 15.4 Å². The number of carbonyl (C=O) groups is 2. The molecule has 180 valence electrons. The number of aryl methyl sites for hydroxylation is 1. The number of ether oxygens (including phenoxy) is 1. The Morgan fingerprint density at radius 1 is 1.12 bits per heavy atom. The molecule has 0 radical (unpaired) electrons. The van der Waals surface area contributed by atoms with Gasteiger partial charge in [0.05, 0.1) is 25.0 Å². The van der Waals surface area contributed by atoms with Crippen LogP contribution in [-0.4, -0.2) is 48.9 Å². The third-order valence-corrected chi connectivity index (χ3v) is 6.72. The summed E-state index contributed by atoms with van der Waals surface area (Å²) >= 11 is 0. The number of nitrogens with one attached hydrogen (secondary N) is 2. The van der Waals surface area contributed by atoms with Crippen LogP contribution in [0.3, 0.4) is 0 Å². The van der Waals surface area contributed by atoms with Gasteiger partial charge in [-0.15, -0.1) is 24.0 Å². The molecular weight excluding hydrogens is 531 g/mol. The van der Waals surface area contributed by atoms with Gasteiger partial charge in [-0.05, 0) is 62.6 Å². The predicted octanol–water partition coefficient (Wildman–Crippen LogP) is 3.26. The number of guanidine groups is 1. The van der Waals surface area contributed by atoms with E-state index in [1.165, 1.54) is 4.90 Å². The summed E-state index contributed by atoms with van der Waals surface area (Å²) < 4.78 is 5.60. The number of allylic oxidation sites excluding steroid dienone is 2. The topological polar surface area (TPSA) is 83.0 Å². The second-order valence-corrected chi connectivity index (χ2v) is 8.84. The van der Waals surface area contributed by atoms with Crippen LogP contribution in [0.4, 0.5) is 0 Å². The van der Waals surface area contributed by atoms with Crippen molar-refractivity contribution in [2.24, 2.45) is 28.7 Å². The summed E-state index contributed by atoms with van der Waals surface area (Å²) in [7, 11) is 0. The van der Waals surface area contributed by atoms with Gasteiger partial charge in [-0.25, -0.2) is 4.99 Å². The van der Waals surface area contributed by atoms with Crippen LogP contribution in [0.15, 0.2) is 35.3 Å². The second-order valence-electron chi connectivity index (χ2n) is 8.84. The maximum Gasteiger partial charge on any atom is 0.233 e. The van der Waals surface area contributed by atoms with Gasteiger partial charge in [-0.2, -0.15) is 0 Å². The van der Waals surface area contributed by atoms with E-state index in [1.54, 1.807) is 0 Å². The Bertz CT molecular complexity index is 902. The van der Waals surface area contributed by atoms with Crippen molar-refractivity contribution in [1.82, 2.24) is 15.5 Å². The molecule has 2 N–H and O–H groups in total. The lowest BCUT2D eigenvalue weighted by atomic mass is 9.85. The molecule has 1 heterocycles. The minimum atomic E-state index is -0.109. The van der Waals surface area contributed by atoms with Crippen LogP contribution in [0.5, 0.6) is 5.75 Å². The Balaban J connectivity index is 0.00000306. The molecule has 2 fully saturated rings. The molecule has 3 aliphatic rings. The molecule has 8 heteroatoms. The molecule has 4 unspecified atom stereocenters. The Hall–Kier alpha value is -2.10. The summed E-state index contributed by atoms with van der Waals surface area (Å²) in [6, 6.07) is 6.13. The molecular formula is C25H35IN4O3. The zero-order valence-electron chi connectivity index (χ0n) is 19.7. The summed E-state index contributed by atoms with van der Waals surface area (Å²) in [6.07, 6.45) is 5.94. The summed E-state index contributed by atoms with van der Waals surface area (Å²) in [6.45, 7) is 9.13. The third-order valence-electron chi connectivity index (χ3n) is 6.72. The molecule has 0 aromatic heterocycles. The largest absolute Gasteiger partial charge is 0.494 e. The number of hydrogen-bond acceptors (Lipinski definition) is 4. The van der Waals surface area contributed by atoms with Gasteiger partial charge in [0.1, 0.15) is 5.75 Å². The zero-order valence-corrected chi connectivity index (χ0v) is 22.0. The summed E-state index contributed by atoms with van der Waals surface area (Å²) in [5, 5.41) is 6.58. The Kier molecular flexibility index (Phi) is 8.78. The lowest BCUT2D eigenvalue weighted by Gasteiger charge is -2.18. The van der Waals surface area contributed by atoms with Crippen LogP contribution >= 0.6 is 24.0 Å². The number of hydrogen-bond donors (Lipinski definition) is 2. The van der Waals surface area contributed by atoms with E-state index in [4.69, 9.17) is 4.74 Å². The van der Waals surface area contributed by atoms with Crippen LogP contribution in [0.2, 0.25) is 0 Å². The van der Waals surface area contributed by atoms with Crippen molar-refractivity contribution in [3.05, 3.63) is 41.5 Å². The molecule has 4 atom stereocenters. The van der Waals surface area contributed by atoms with Crippen LogP contribution in [0.1, 0.15) is 37.8 Å². The normalized spacial score (nSPS) is 25.3. The van der Waals surface area contributed by atoms with E-state index < -0.39 is 0 Å². The maximum atomic E-state index is 12.8. The van der Waals surface area contributed by atoms with Gasteiger partial charge in [0.15, 0.2) is 5.96 Å². The number of aliphatic imine (C=N–C) groups is 1. The van der Waals surface area contributed by atoms with Crippen molar-refractivity contribution >= 4 is 41.8 Å². The van der Waals surface area contributed by atoms with Crippen LogP contribution in [0, 0.1) is 30.6 Å². The van der Waals surface area contributed by atoms with E-state index in [2.05, 4.69) is 33.8 Å². The number of fused-ring (bicyclic) bond motifs is 5. The maximum absolute atomic E-state index is 12.8. The second kappa shape index (κ2) is 11.4. The number of rotatable bonds is 9. The molecule has 1 saturated carbocycles. The zero-order chi connectivity index (χ0) is 22.7. The number of likely N-dealkylation sites (tertiary alicyclic amines) is 1. The lowest BCUT2D eigenvalue weighted by Crippen LogP contribution is -2.40. The molecule has 7 nitrogen and oxygen atoms in total. The van der Waals surface area contributed by atoms with E-state index in [1.807, 2.05) is 32.9 Å². The van der Waals surface area contributed by atoms with Crippen molar-refractivity contribution in [3.8, 4) is 5.75 Å². The quantitative estimate of drug-likeness (QED) is 0.120. The van der Waals surface area contributed by atoms with Crippen molar-refractivity contribution in [3.63, 3.8) is 0 Å². The van der Waals surface area contributed by atoms with Crippen molar-refractivity contribution in [2.45, 2.75) is 40.2 Å². The molecule has 33 heavy (non-hydrogen) atoms. The highest BCUT2D eigenvalue weighted by Gasteiger charge is 2.58. The minimum Gasteiger partial charge on any atom is -0.494 e. The molecule has 4 rings (SSSR count). The van der Waals surface area contributed by atoms with Gasteiger partial charge in [0, 0.05) is 19.6 Å². The highest BCUT2D eigenvalue weighted by molar-refractivity contribution is 14.0. The first-order valence-electron chi connectivity index (χ1n) is 11.8. The summed E-state index contributed by atoms with van der Waals surface area (Å²) in [5.74, 6) is 2.02. The first-order valence-corrected chi connectivity index (χ1v) is 11.8. The molecule has 1 aromatic carbocycles. The highest BCUT2D eigenvalue weighted by atomic mass is 127. The number of halogens is 1. The van der Waals surface area contributed by atoms with Gasteiger partial charge in [-0.1, -0.05) is 24.3 Å². The molecule has 2 bridgehead atoms. The number of carbonyl (C=O) groups excluding carboxylic acids is 2. The van der Waals surface area contributed by atoms with E-state index >= 15 is 0 Å². The molecule has 1 aliphatic heterocycles. The van der Waals surface area contributed by atoms with Gasteiger partial charge in [0.2, 0.25) is 11.8 Å². The number of benzene rings is 1. The predicted molar refractivity (Wildman–Crippen MR) is 140 cm³/mol. The van der Waals surface area contributed by atoms with Crippen LogP contribution in [0.25, 0.3) is 0 Å². The molecule has 1 aromatic rings. The Morgan fingerprint density at radius 2 is 1.82 bits per heavy atom. The molecule has 0 spiro atoms. The lowest BCUT2D eigenvalue weighted by molar-refractivity contribution is -0.140. The fourth-order valence-corrected chi connectivity index (χ4v) is 5.27. The fraction of sp³-hybridized carbons (Fsp3) is 0.560. The number of imide groups is 1. The van der Waals surface area contributed by atoms with Crippen molar-refractivity contribution in [1.29, 1.82) is 0 Å². The first-order chi connectivity index (χ1) is 15.5.